The van der Waals surface area contributed by atoms with Crippen molar-refractivity contribution in [2.45, 2.75) is 44.6 Å². The molecule has 0 N–H and O–H groups in total. The van der Waals surface area contributed by atoms with E-state index in [2.05, 4.69) is 15.1 Å². The van der Waals surface area contributed by atoms with Crippen LogP contribution >= 0.6 is 0 Å². The zero-order valence-electron chi connectivity index (χ0n) is 12.2. The van der Waals surface area contributed by atoms with Crippen LogP contribution in [-0.4, -0.2) is 47.3 Å². The van der Waals surface area contributed by atoms with Crippen LogP contribution in [0.1, 0.15) is 43.5 Å². The molecular weight excluding hydrogens is 280 g/mol. The number of halogens is 2. The van der Waals surface area contributed by atoms with Gasteiger partial charge in [-0.2, -0.15) is 0 Å². The van der Waals surface area contributed by atoms with Gasteiger partial charge in [-0.1, -0.05) is 0 Å². The van der Waals surface area contributed by atoms with Crippen LogP contribution in [0.3, 0.4) is 0 Å². The summed E-state index contributed by atoms with van der Waals surface area (Å²) in [4.78, 5) is 2.24. The highest BCUT2D eigenvalue weighted by Crippen LogP contribution is 2.37. The Balaban J connectivity index is 1.62. The molecule has 3 rings (SSSR count). The van der Waals surface area contributed by atoms with Crippen molar-refractivity contribution >= 4 is 0 Å². The summed E-state index contributed by atoms with van der Waals surface area (Å²) in [6.45, 7) is 4.51. The lowest BCUT2D eigenvalue weighted by Crippen LogP contribution is -2.43. The van der Waals surface area contributed by atoms with Crippen LogP contribution in [0.2, 0.25) is 0 Å². The van der Waals surface area contributed by atoms with Crippen molar-refractivity contribution in [3.63, 3.8) is 0 Å². The van der Waals surface area contributed by atoms with Crippen molar-refractivity contribution in [2.24, 2.45) is 5.92 Å². The standard InChI is InChI=1S/C14H21F2N3O2/c1-10-17-18-13(21-10)12-9-20-7-6-19(12)8-11-2-4-14(15,16)5-3-11/h11-12H,2-9H2,1H3/t12-/m1/s1. The molecule has 1 aliphatic carbocycles. The fourth-order valence-corrected chi connectivity index (χ4v) is 3.14. The summed E-state index contributed by atoms with van der Waals surface area (Å²) in [6.07, 6.45) is 1.18. The van der Waals surface area contributed by atoms with E-state index in [1.807, 2.05) is 0 Å². The monoisotopic (exact) mass is 301 g/mol. The number of nitrogens with zero attached hydrogens (tertiary/aromatic N) is 3. The number of morpholine rings is 1. The molecular formula is C14H21F2N3O2. The van der Waals surface area contributed by atoms with Gasteiger partial charge in [-0.25, -0.2) is 8.78 Å². The lowest BCUT2D eigenvalue weighted by Gasteiger charge is -2.37. The molecule has 1 aromatic heterocycles. The Morgan fingerprint density at radius 3 is 2.71 bits per heavy atom. The molecule has 5 nitrogen and oxygen atoms in total. The second kappa shape index (κ2) is 5.96. The van der Waals surface area contributed by atoms with Crippen LogP contribution in [0.4, 0.5) is 8.78 Å². The summed E-state index contributed by atoms with van der Waals surface area (Å²) in [5, 5.41) is 7.94. The van der Waals surface area contributed by atoms with E-state index in [1.165, 1.54) is 0 Å². The Morgan fingerprint density at radius 2 is 2.05 bits per heavy atom. The number of hydrogen-bond acceptors (Lipinski definition) is 5. The van der Waals surface area contributed by atoms with E-state index in [4.69, 9.17) is 9.15 Å². The van der Waals surface area contributed by atoms with Gasteiger partial charge in [-0.3, -0.25) is 4.90 Å². The van der Waals surface area contributed by atoms with E-state index in [0.29, 0.717) is 43.8 Å². The lowest BCUT2D eigenvalue weighted by atomic mass is 9.86. The van der Waals surface area contributed by atoms with Crippen LogP contribution in [0.5, 0.6) is 0 Å². The van der Waals surface area contributed by atoms with Crippen LogP contribution in [-0.2, 0) is 4.74 Å². The molecule has 0 bridgehead atoms. The first-order valence-corrected chi connectivity index (χ1v) is 7.53. The third-order valence-electron chi connectivity index (χ3n) is 4.40. The molecule has 2 heterocycles. The summed E-state index contributed by atoms with van der Waals surface area (Å²) in [6, 6.07) is -0.0533. The van der Waals surface area contributed by atoms with Gasteiger partial charge in [-0.05, 0) is 18.8 Å². The molecule has 0 radical (unpaired) electrons. The Morgan fingerprint density at radius 1 is 1.29 bits per heavy atom. The third kappa shape index (κ3) is 3.58. The second-order valence-corrected chi connectivity index (χ2v) is 6.04. The summed E-state index contributed by atoms with van der Waals surface area (Å²) in [5.74, 6) is -1.06. The fourth-order valence-electron chi connectivity index (χ4n) is 3.14. The van der Waals surface area contributed by atoms with Crippen LogP contribution in [0, 0.1) is 12.8 Å². The predicted molar refractivity (Wildman–Crippen MR) is 71.1 cm³/mol. The third-order valence-corrected chi connectivity index (χ3v) is 4.40. The zero-order chi connectivity index (χ0) is 14.9. The smallest absolute Gasteiger partial charge is 0.248 e. The van der Waals surface area contributed by atoms with Crippen LogP contribution in [0.25, 0.3) is 0 Å². The van der Waals surface area contributed by atoms with Gasteiger partial charge >= 0.3 is 0 Å². The molecule has 7 heteroatoms. The topological polar surface area (TPSA) is 51.4 Å². The molecule has 1 saturated carbocycles. The summed E-state index contributed by atoms with van der Waals surface area (Å²) >= 11 is 0. The average molecular weight is 301 g/mol. The van der Waals surface area contributed by atoms with E-state index in [9.17, 15) is 8.78 Å². The quantitative estimate of drug-likeness (QED) is 0.859. The van der Waals surface area contributed by atoms with Gasteiger partial charge in [0.15, 0.2) is 0 Å². The molecule has 1 atom stereocenters. The molecule has 0 aromatic carbocycles. The Labute approximate surface area is 122 Å². The molecule has 0 amide bonds. The maximum Gasteiger partial charge on any atom is 0.248 e. The van der Waals surface area contributed by atoms with Crippen molar-refractivity contribution < 1.29 is 17.9 Å². The second-order valence-electron chi connectivity index (χ2n) is 6.04. The Bertz CT molecular complexity index is 471. The summed E-state index contributed by atoms with van der Waals surface area (Å²) in [5.41, 5.74) is 0. The van der Waals surface area contributed by atoms with Crippen molar-refractivity contribution in [1.29, 1.82) is 0 Å². The fraction of sp³-hybridized carbons (Fsp3) is 0.857. The lowest BCUT2D eigenvalue weighted by molar-refractivity contribution is -0.0622. The van der Waals surface area contributed by atoms with Gasteiger partial charge in [-0.15, -0.1) is 10.2 Å². The van der Waals surface area contributed by atoms with Crippen molar-refractivity contribution in [3.8, 4) is 0 Å². The first kappa shape index (κ1) is 14.8. The van der Waals surface area contributed by atoms with Gasteiger partial charge in [0.25, 0.3) is 0 Å². The van der Waals surface area contributed by atoms with Crippen molar-refractivity contribution in [2.75, 3.05) is 26.3 Å². The summed E-state index contributed by atoms with van der Waals surface area (Å²) < 4.78 is 37.5. The molecule has 1 aromatic rings. The van der Waals surface area contributed by atoms with Gasteiger partial charge in [0.2, 0.25) is 17.7 Å². The van der Waals surface area contributed by atoms with Gasteiger partial charge < -0.3 is 9.15 Å². The summed E-state index contributed by atoms with van der Waals surface area (Å²) in [7, 11) is 0. The van der Waals surface area contributed by atoms with Crippen molar-refractivity contribution in [1.82, 2.24) is 15.1 Å². The van der Waals surface area contributed by atoms with Gasteiger partial charge in [0.05, 0.1) is 13.2 Å². The molecule has 0 spiro atoms. The number of hydrogen-bond donors (Lipinski definition) is 0. The average Bonchev–Trinajstić information content (AvgIpc) is 2.88. The minimum Gasteiger partial charge on any atom is -0.424 e. The van der Waals surface area contributed by atoms with E-state index in [-0.39, 0.29) is 18.9 Å². The van der Waals surface area contributed by atoms with Gasteiger partial charge in [0.1, 0.15) is 6.04 Å². The first-order chi connectivity index (χ1) is 10.0. The number of aromatic nitrogens is 2. The molecule has 118 valence electrons. The molecule has 1 aliphatic heterocycles. The Kier molecular flexibility index (Phi) is 4.21. The Hall–Kier alpha value is -1.08. The highest BCUT2D eigenvalue weighted by molar-refractivity contribution is 4.93. The van der Waals surface area contributed by atoms with E-state index >= 15 is 0 Å². The molecule has 2 fully saturated rings. The normalized spacial score (nSPS) is 27.9. The molecule has 2 aliphatic rings. The van der Waals surface area contributed by atoms with Crippen molar-refractivity contribution in [3.05, 3.63) is 11.8 Å². The molecule has 1 saturated heterocycles. The predicted octanol–water partition coefficient (Wildman–Crippen LogP) is 2.58. The molecule has 21 heavy (non-hydrogen) atoms. The maximum atomic E-state index is 13.2. The SMILES string of the molecule is Cc1nnc([C@H]2COCCN2CC2CCC(F)(F)CC2)o1. The first-order valence-electron chi connectivity index (χ1n) is 7.53. The minimum atomic E-state index is -2.47. The molecule has 0 unspecified atom stereocenters. The maximum absolute atomic E-state index is 13.2. The van der Waals surface area contributed by atoms with E-state index in [0.717, 1.165) is 13.1 Å². The number of alkyl halides is 2. The van der Waals surface area contributed by atoms with Gasteiger partial charge in [0, 0.05) is 32.9 Å². The van der Waals surface area contributed by atoms with E-state index in [1.54, 1.807) is 6.92 Å². The zero-order valence-corrected chi connectivity index (χ0v) is 12.2. The van der Waals surface area contributed by atoms with E-state index < -0.39 is 5.92 Å². The van der Waals surface area contributed by atoms with Crippen LogP contribution < -0.4 is 0 Å². The highest BCUT2D eigenvalue weighted by Gasteiger charge is 2.37. The number of aryl methyl sites for hydroxylation is 1. The number of rotatable bonds is 3. The minimum absolute atomic E-state index is 0.00629. The highest BCUT2D eigenvalue weighted by atomic mass is 19.3. The largest absolute Gasteiger partial charge is 0.424 e. The van der Waals surface area contributed by atoms with Crippen LogP contribution in [0.15, 0.2) is 4.42 Å². The number of ether oxygens (including phenoxy) is 1.